The number of thiazole rings is 1. The number of hydrogen-bond acceptors (Lipinski definition) is 6. The molecule has 148 valence electrons. The van der Waals surface area contributed by atoms with Crippen molar-refractivity contribution in [2.75, 3.05) is 5.32 Å². The van der Waals surface area contributed by atoms with Crippen LogP contribution in [0.1, 0.15) is 37.5 Å². The lowest BCUT2D eigenvalue weighted by Crippen LogP contribution is -2.72. The first kappa shape index (κ1) is 22.0. The summed E-state index contributed by atoms with van der Waals surface area (Å²) in [6.45, 7) is 2.53. The molecule has 0 aliphatic rings. The molecule has 0 aromatic carbocycles. The fourth-order valence-electron chi connectivity index (χ4n) is 1.92. The molecule has 1 amide bonds. The van der Waals surface area contributed by atoms with E-state index in [4.69, 9.17) is 0 Å². The first-order valence-electron chi connectivity index (χ1n) is 7.18. The van der Waals surface area contributed by atoms with Gasteiger partial charge in [0.2, 0.25) is 5.91 Å². The number of aliphatic carboxylic acids is 1. The number of halogens is 6. The van der Waals surface area contributed by atoms with E-state index in [2.05, 4.69) is 4.98 Å². The van der Waals surface area contributed by atoms with Gasteiger partial charge < -0.3 is 20.5 Å². The minimum absolute atomic E-state index is 0.000220. The Morgan fingerprint density at radius 1 is 1.19 bits per heavy atom. The van der Waals surface area contributed by atoms with Crippen molar-refractivity contribution in [3.8, 4) is 0 Å². The maximum absolute atomic E-state index is 13.3. The van der Waals surface area contributed by atoms with Gasteiger partial charge in [-0.15, -0.1) is 11.3 Å². The highest BCUT2D eigenvalue weighted by Crippen LogP contribution is 2.44. The molecule has 0 aliphatic carbocycles. The van der Waals surface area contributed by atoms with Crippen LogP contribution in [0.4, 0.5) is 31.5 Å². The van der Waals surface area contributed by atoms with Gasteiger partial charge in [0.15, 0.2) is 5.13 Å². The standard InChI is InChI=1S/C13H15F6N3O3S/c1-3-6(9(24)25)7-5-20-10(26-7)22-11(12(14,15)16,13(17,18)19)21-8(23)4-2/h5-6H,3-4H2,1-2H3,(H,20,22)(H,21,23)(H,24,25)/p-1. The van der Waals surface area contributed by atoms with Crippen molar-refractivity contribution in [1.29, 1.82) is 0 Å². The zero-order chi connectivity index (χ0) is 20.3. The summed E-state index contributed by atoms with van der Waals surface area (Å²) in [5.74, 6) is -4.27. The van der Waals surface area contributed by atoms with Crippen LogP contribution < -0.4 is 15.7 Å². The predicted octanol–water partition coefficient (Wildman–Crippen LogP) is 2.15. The number of alkyl halides is 6. The van der Waals surface area contributed by atoms with Gasteiger partial charge >= 0.3 is 18.0 Å². The number of aromatic nitrogens is 1. The molecule has 2 N–H and O–H groups in total. The Balaban J connectivity index is 3.36. The topological polar surface area (TPSA) is 94.2 Å². The van der Waals surface area contributed by atoms with Gasteiger partial charge in [-0.1, -0.05) is 13.8 Å². The minimum atomic E-state index is -5.96. The Morgan fingerprint density at radius 2 is 1.73 bits per heavy atom. The van der Waals surface area contributed by atoms with Gasteiger partial charge in [-0.25, -0.2) is 4.98 Å². The van der Waals surface area contributed by atoms with Crippen molar-refractivity contribution in [3.05, 3.63) is 11.1 Å². The number of carbonyl (C=O) groups excluding carboxylic acids is 2. The van der Waals surface area contributed by atoms with Crippen LogP contribution in [0, 0.1) is 0 Å². The lowest BCUT2D eigenvalue weighted by Gasteiger charge is -2.38. The monoisotopic (exact) mass is 406 g/mol. The summed E-state index contributed by atoms with van der Waals surface area (Å²) in [6.07, 6.45) is -11.7. The van der Waals surface area contributed by atoms with Crippen LogP contribution in [0.25, 0.3) is 0 Å². The molecule has 1 rings (SSSR count). The van der Waals surface area contributed by atoms with Crippen LogP contribution in [-0.2, 0) is 9.59 Å². The molecule has 6 nitrogen and oxygen atoms in total. The molecule has 1 atom stereocenters. The lowest BCUT2D eigenvalue weighted by atomic mass is 10.1. The van der Waals surface area contributed by atoms with Gasteiger partial charge in [0.25, 0.3) is 0 Å². The first-order valence-corrected chi connectivity index (χ1v) is 7.99. The predicted molar refractivity (Wildman–Crippen MR) is 77.1 cm³/mol. The second-order valence-electron chi connectivity index (χ2n) is 5.12. The van der Waals surface area contributed by atoms with E-state index in [1.165, 1.54) is 12.2 Å². The summed E-state index contributed by atoms with van der Waals surface area (Å²) in [5, 5.41) is 12.2. The molecule has 1 unspecified atom stereocenters. The molecule has 26 heavy (non-hydrogen) atoms. The molecule has 0 bridgehead atoms. The number of rotatable bonds is 7. The van der Waals surface area contributed by atoms with E-state index in [9.17, 15) is 41.0 Å². The summed E-state index contributed by atoms with van der Waals surface area (Å²) in [5.41, 5.74) is -4.77. The third kappa shape index (κ3) is 4.37. The molecule has 1 aromatic rings. The van der Waals surface area contributed by atoms with Crippen molar-refractivity contribution >= 4 is 28.3 Å². The average molecular weight is 406 g/mol. The van der Waals surface area contributed by atoms with Crippen LogP contribution in [-0.4, -0.2) is 34.9 Å². The van der Waals surface area contributed by atoms with Gasteiger partial charge in [-0.2, -0.15) is 26.3 Å². The van der Waals surface area contributed by atoms with E-state index in [1.807, 2.05) is 0 Å². The molecule has 13 heteroatoms. The van der Waals surface area contributed by atoms with Crippen molar-refractivity contribution in [2.45, 2.75) is 50.6 Å². The van der Waals surface area contributed by atoms with Crippen LogP contribution >= 0.6 is 11.3 Å². The summed E-state index contributed by atoms with van der Waals surface area (Å²) < 4.78 is 79.7. The van der Waals surface area contributed by atoms with Crippen LogP contribution in [0.15, 0.2) is 6.20 Å². The highest BCUT2D eigenvalue weighted by molar-refractivity contribution is 7.15. The third-order valence-corrected chi connectivity index (χ3v) is 4.38. The van der Waals surface area contributed by atoms with E-state index in [-0.39, 0.29) is 11.3 Å². The number of amides is 1. The molecular formula is C13H14F6N3O3S-. The fourth-order valence-corrected chi connectivity index (χ4v) is 2.97. The molecule has 0 radical (unpaired) electrons. The molecule has 0 fully saturated rings. The van der Waals surface area contributed by atoms with E-state index < -0.39 is 47.4 Å². The quantitative estimate of drug-likeness (QED) is 0.535. The molecule has 0 saturated carbocycles. The smallest absolute Gasteiger partial charge is 0.439 e. The van der Waals surface area contributed by atoms with Crippen molar-refractivity contribution in [1.82, 2.24) is 10.3 Å². The number of nitrogens with zero attached hydrogens (tertiary/aromatic N) is 1. The van der Waals surface area contributed by atoms with Gasteiger partial charge in [-0.3, -0.25) is 4.79 Å². The van der Waals surface area contributed by atoms with Gasteiger partial charge in [0.1, 0.15) is 0 Å². The zero-order valence-electron chi connectivity index (χ0n) is 13.4. The number of hydrogen-bond donors (Lipinski definition) is 2. The molecule has 0 spiro atoms. The average Bonchev–Trinajstić information content (AvgIpc) is 2.92. The van der Waals surface area contributed by atoms with Crippen molar-refractivity contribution in [3.63, 3.8) is 0 Å². The first-order chi connectivity index (χ1) is 11.8. The highest BCUT2D eigenvalue weighted by atomic mass is 32.1. The van der Waals surface area contributed by atoms with Crippen molar-refractivity contribution in [2.24, 2.45) is 0 Å². The number of carboxylic acids is 1. The summed E-state index contributed by atoms with van der Waals surface area (Å²) in [6, 6.07) is 0. The van der Waals surface area contributed by atoms with Crippen molar-refractivity contribution < 1.29 is 41.0 Å². The molecule has 0 aliphatic heterocycles. The van der Waals surface area contributed by atoms with E-state index in [1.54, 1.807) is 0 Å². The van der Waals surface area contributed by atoms with Gasteiger partial charge in [0.05, 0.1) is 0 Å². The second-order valence-corrected chi connectivity index (χ2v) is 6.18. The Bertz CT molecular complexity index is 644. The largest absolute Gasteiger partial charge is 0.549 e. The summed E-state index contributed by atoms with van der Waals surface area (Å²) >= 11 is 0.293. The maximum atomic E-state index is 13.3. The summed E-state index contributed by atoms with van der Waals surface area (Å²) in [7, 11) is 0. The number of carbonyl (C=O) groups is 2. The molecule has 1 aromatic heterocycles. The van der Waals surface area contributed by atoms with E-state index >= 15 is 0 Å². The van der Waals surface area contributed by atoms with Crippen LogP contribution in [0.2, 0.25) is 0 Å². The Hall–Kier alpha value is -2.05. The Labute approximate surface area is 147 Å². The molecule has 1 heterocycles. The summed E-state index contributed by atoms with van der Waals surface area (Å²) in [4.78, 5) is 25.6. The number of nitrogens with one attached hydrogen (secondary N) is 2. The van der Waals surface area contributed by atoms with Gasteiger partial charge in [-0.05, 0) is 6.42 Å². The molecular weight excluding hydrogens is 392 g/mol. The number of anilines is 1. The fraction of sp³-hybridized carbons (Fsp3) is 0.615. The molecule has 0 saturated heterocycles. The Morgan fingerprint density at radius 3 is 2.12 bits per heavy atom. The highest BCUT2D eigenvalue weighted by Gasteiger charge is 2.72. The van der Waals surface area contributed by atoms with Crippen LogP contribution in [0.3, 0.4) is 0 Å². The normalized spacial score (nSPS) is 14.0. The third-order valence-electron chi connectivity index (χ3n) is 3.35. The second kappa shape index (κ2) is 7.68. The SMILES string of the molecule is CCC(=O)NC(Nc1ncc(C(CC)C(=O)[O-])s1)(C(F)(F)F)C(F)(F)F. The maximum Gasteiger partial charge on any atom is 0.439 e. The van der Waals surface area contributed by atoms with E-state index in [0.717, 1.165) is 18.4 Å². The minimum Gasteiger partial charge on any atom is -0.549 e. The zero-order valence-corrected chi connectivity index (χ0v) is 14.2. The van der Waals surface area contributed by atoms with Crippen LogP contribution in [0.5, 0.6) is 0 Å². The Kier molecular flexibility index (Phi) is 6.49. The number of carboxylic acid groups (broad SMARTS) is 1. The van der Waals surface area contributed by atoms with E-state index in [0.29, 0.717) is 11.3 Å². The van der Waals surface area contributed by atoms with Gasteiger partial charge in [0, 0.05) is 29.4 Å². The lowest BCUT2D eigenvalue weighted by molar-refractivity contribution is -0.308.